The number of aromatic nitrogens is 3. The molecule has 2 rings (SSSR count). The highest BCUT2D eigenvalue weighted by atomic mass is 19.1. The van der Waals surface area contributed by atoms with E-state index < -0.39 is 6.08 Å². The van der Waals surface area contributed by atoms with E-state index in [-0.39, 0.29) is 0 Å². The lowest BCUT2D eigenvalue weighted by atomic mass is 10.2. The van der Waals surface area contributed by atoms with Crippen LogP contribution >= 0.6 is 0 Å². The molecule has 16 heavy (non-hydrogen) atoms. The first-order chi connectivity index (χ1) is 7.75. The SMILES string of the molecule is CN(Cc1ccccc1)c1ncnc(F)n1. The summed E-state index contributed by atoms with van der Waals surface area (Å²) in [6, 6.07) is 9.85. The van der Waals surface area contributed by atoms with Crippen LogP contribution in [0.25, 0.3) is 0 Å². The Morgan fingerprint density at radius 3 is 2.62 bits per heavy atom. The first-order valence-corrected chi connectivity index (χ1v) is 4.85. The highest BCUT2D eigenvalue weighted by Gasteiger charge is 2.06. The Bertz CT molecular complexity index is 461. The van der Waals surface area contributed by atoms with Gasteiger partial charge in [-0.2, -0.15) is 14.4 Å². The minimum Gasteiger partial charge on any atom is -0.339 e. The van der Waals surface area contributed by atoms with Crippen LogP contribution in [0.15, 0.2) is 36.7 Å². The summed E-state index contributed by atoms with van der Waals surface area (Å²) in [6.45, 7) is 0.629. The zero-order valence-corrected chi connectivity index (χ0v) is 8.84. The Morgan fingerprint density at radius 1 is 1.19 bits per heavy atom. The molecule has 0 aliphatic heterocycles. The fraction of sp³-hybridized carbons (Fsp3) is 0.182. The van der Waals surface area contributed by atoms with Crippen molar-refractivity contribution in [2.24, 2.45) is 0 Å². The van der Waals surface area contributed by atoms with Crippen molar-refractivity contribution in [3.8, 4) is 0 Å². The minimum atomic E-state index is -0.759. The molecule has 0 aliphatic rings. The smallest absolute Gasteiger partial charge is 0.313 e. The molecule has 0 radical (unpaired) electrons. The third-order valence-corrected chi connectivity index (χ3v) is 2.13. The molecule has 0 bridgehead atoms. The van der Waals surface area contributed by atoms with Gasteiger partial charge in [-0.25, -0.2) is 4.98 Å². The van der Waals surface area contributed by atoms with Gasteiger partial charge in [-0.05, 0) is 5.56 Å². The van der Waals surface area contributed by atoms with Crippen LogP contribution in [-0.2, 0) is 6.54 Å². The van der Waals surface area contributed by atoms with Gasteiger partial charge in [-0.15, -0.1) is 0 Å². The Hall–Kier alpha value is -2.04. The number of anilines is 1. The second-order valence-electron chi connectivity index (χ2n) is 3.40. The van der Waals surface area contributed by atoms with Gasteiger partial charge in [0.15, 0.2) is 0 Å². The van der Waals surface area contributed by atoms with Crippen molar-refractivity contribution in [2.75, 3.05) is 11.9 Å². The van der Waals surface area contributed by atoms with E-state index in [4.69, 9.17) is 0 Å². The van der Waals surface area contributed by atoms with Gasteiger partial charge in [-0.3, -0.25) is 0 Å². The lowest BCUT2D eigenvalue weighted by Crippen LogP contribution is -2.19. The molecule has 1 heterocycles. The van der Waals surface area contributed by atoms with Crippen molar-refractivity contribution in [3.05, 3.63) is 48.3 Å². The fourth-order valence-corrected chi connectivity index (χ4v) is 1.38. The summed E-state index contributed by atoms with van der Waals surface area (Å²) in [5, 5.41) is 0. The molecule has 2 aromatic rings. The van der Waals surface area contributed by atoms with Crippen molar-refractivity contribution < 1.29 is 4.39 Å². The predicted molar refractivity (Wildman–Crippen MR) is 58.3 cm³/mol. The molecule has 0 amide bonds. The third-order valence-electron chi connectivity index (χ3n) is 2.13. The van der Waals surface area contributed by atoms with Crippen molar-refractivity contribution in [2.45, 2.75) is 6.54 Å². The molecule has 0 saturated carbocycles. The normalized spacial score (nSPS) is 10.1. The van der Waals surface area contributed by atoms with Crippen LogP contribution in [0.3, 0.4) is 0 Å². The van der Waals surface area contributed by atoms with Gasteiger partial charge in [0.25, 0.3) is 0 Å². The van der Waals surface area contributed by atoms with Crippen molar-refractivity contribution in [1.82, 2.24) is 15.0 Å². The summed E-state index contributed by atoms with van der Waals surface area (Å²) in [4.78, 5) is 12.6. The first-order valence-electron chi connectivity index (χ1n) is 4.85. The molecule has 1 aromatic heterocycles. The van der Waals surface area contributed by atoms with E-state index in [1.54, 1.807) is 4.90 Å². The number of hydrogen-bond acceptors (Lipinski definition) is 4. The molecule has 82 valence electrons. The van der Waals surface area contributed by atoms with Gasteiger partial charge in [0.05, 0.1) is 0 Å². The average Bonchev–Trinajstić information content (AvgIpc) is 2.30. The molecule has 0 fully saturated rings. The summed E-state index contributed by atoms with van der Waals surface area (Å²) < 4.78 is 12.8. The third kappa shape index (κ3) is 2.50. The van der Waals surface area contributed by atoms with Crippen LogP contribution in [0.2, 0.25) is 0 Å². The van der Waals surface area contributed by atoms with E-state index in [1.807, 2.05) is 37.4 Å². The molecule has 0 spiro atoms. The molecule has 1 aromatic carbocycles. The zero-order chi connectivity index (χ0) is 11.4. The van der Waals surface area contributed by atoms with Gasteiger partial charge in [0.1, 0.15) is 6.33 Å². The maximum atomic E-state index is 12.8. The number of rotatable bonds is 3. The number of hydrogen-bond donors (Lipinski definition) is 0. The monoisotopic (exact) mass is 218 g/mol. The van der Waals surface area contributed by atoms with Gasteiger partial charge in [0, 0.05) is 13.6 Å². The Morgan fingerprint density at radius 2 is 1.94 bits per heavy atom. The molecular formula is C11H11FN4. The summed E-state index contributed by atoms with van der Waals surface area (Å²) in [5.74, 6) is 0.330. The summed E-state index contributed by atoms with van der Waals surface area (Å²) in [6.07, 6.45) is 0.406. The maximum absolute atomic E-state index is 12.8. The molecule has 0 aliphatic carbocycles. The van der Waals surface area contributed by atoms with Crippen LogP contribution in [-0.4, -0.2) is 22.0 Å². The molecule has 0 unspecified atom stereocenters. The average molecular weight is 218 g/mol. The molecule has 0 N–H and O–H groups in total. The highest BCUT2D eigenvalue weighted by molar-refractivity contribution is 5.29. The van der Waals surface area contributed by atoms with E-state index in [9.17, 15) is 4.39 Å². The topological polar surface area (TPSA) is 41.9 Å². The lowest BCUT2D eigenvalue weighted by molar-refractivity contribution is 0.530. The van der Waals surface area contributed by atoms with Crippen LogP contribution < -0.4 is 4.90 Å². The molecule has 0 saturated heterocycles. The molecular weight excluding hydrogens is 207 g/mol. The maximum Gasteiger partial charge on any atom is 0.313 e. The van der Waals surface area contributed by atoms with Crippen LogP contribution in [0.4, 0.5) is 10.3 Å². The number of halogens is 1. The van der Waals surface area contributed by atoms with E-state index >= 15 is 0 Å². The van der Waals surface area contributed by atoms with Crippen LogP contribution in [0, 0.1) is 6.08 Å². The largest absolute Gasteiger partial charge is 0.339 e. The van der Waals surface area contributed by atoms with E-state index in [2.05, 4.69) is 15.0 Å². The van der Waals surface area contributed by atoms with Crippen molar-refractivity contribution in [3.63, 3.8) is 0 Å². The molecule has 0 atom stereocenters. The number of nitrogens with zero attached hydrogens (tertiary/aromatic N) is 4. The second kappa shape index (κ2) is 4.65. The Kier molecular flexibility index (Phi) is 3.05. The highest BCUT2D eigenvalue weighted by Crippen LogP contribution is 2.08. The van der Waals surface area contributed by atoms with Crippen LogP contribution in [0.5, 0.6) is 0 Å². The summed E-state index contributed by atoms with van der Waals surface area (Å²) in [7, 11) is 1.81. The van der Waals surface area contributed by atoms with E-state index in [0.29, 0.717) is 12.5 Å². The van der Waals surface area contributed by atoms with Crippen LogP contribution in [0.1, 0.15) is 5.56 Å². The predicted octanol–water partition coefficient (Wildman–Crippen LogP) is 1.65. The van der Waals surface area contributed by atoms with Crippen molar-refractivity contribution >= 4 is 5.95 Å². The van der Waals surface area contributed by atoms with Gasteiger partial charge in [0.2, 0.25) is 5.95 Å². The fourth-order valence-electron chi connectivity index (χ4n) is 1.38. The molecule has 5 heteroatoms. The standard InChI is InChI=1S/C11H11FN4/c1-16(7-9-5-3-2-4-6-9)11-14-8-13-10(12)15-11/h2-6,8H,7H2,1H3. The summed E-state index contributed by atoms with van der Waals surface area (Å²) >= 11 is 0. The zero-order valence-electron chi connectivity index (χ0n) is 8.84. The van der Waals surface area contributed by atoms with Gasteiger partial charge < -0.3 is 4.90 Å². The quantitative estimate of drug-likeness (QED) is 0.785. The van der Waals surface area contributed by atoms with Crippen molar-refractivity contribution in [1.29, 1.82) is 0 Å². The number of benzene rings is 1. The Labute approximate surface area is 92.8 Å². The van der Waals surface area contributed by atoms with Gasteiger partial charge in [-0.1, -0.05) is 30.3 Å². The van der Waals surface area contributed by atoms with E-state index in [0.717, 1.165) is 5.56 Å². The van der Waals surface area contributed by atoms with E-state index in [1.165, 1.54) is 6.33 Å². The lowest BCUT2D eigenvalue weighted by Gasteiger charge is -2.16. The summed E-state index contributed by atoms with van der Waals surface area (Å²) in [5.41, 5.74) is 1.12. The molecule has 4 nitrogen and oxygen atoms in total. The minimum absolute atomic E-state index is 0.330. The Balaban J connectivity index is 2.12. The van der Waals surface area contributed by atoms with Gasteiger partial charge >= 0.3 is 6.08 Å². The first kappa shape index (κ1) is 10.5. The second-order valence-corrected chi connectivity index (χ2v) is 3.40.